The Labute approximate surface area is 249 Å². The van der Waals surface area contributed by atoms with Gasteiger partial charge in [-0.3, -0.25) is 4.79 Å². The molecule has 42 heavy (non-hydrogen) atoms. The zero-order valence-electron chi connectivity index (χ0n) is 24.9. The summed E-state index contributed by atoms with van der Waals surface area (Å²) >= 11 is 0. The smallest absolute Gasteiger partial charge is 0.185 e. The maximum atomic E-state index is 14.1. The summed E-state index contributed by atoms with van der Waals surface area (Å²) in [6.45, 7) is 9.51. The highest BCUT2D eigenvalue weighted by Crippen LogP contribution is 2.73. The van der Waals surface area contributed by atoms with Crippen LogP contribution in [0.4, 0.5) is 0 Å². The van der Waals surface area contributed by atoms with Crippen molar-refractivity contribution in [1.82, 2.24) is 5.32 Å². The molecule has 0 aromatic heterocycles. The highest BCUT2D eigenvalue weighted by atomic mass is 16.6. The predicted molar refractivity (Wildman–Crippen MR) is 165 cm³/mol. The first kappa shape index (κ1) is 30.2. The number of benzene rings is 3. The van der Waals surface area contributed by atoms with E-state index in [0.717, 1.165) is 40.8 Å². The van der Waals surface area contributed by atoms with E-state index in [0.29, 0.717) is 19.4 Å². The van der Waals surface area contributed by atoms with Crippen molar-refractivity contribution in [1.29, 1.82) is 0 Å². The highest BCUT2D eigenvalue weighted by Gasteiger charge is 2.79. The van der Waals surface area contributed by atoms with Crippen molar-refractivity contribution in [3.05, 3.63) is 102 Å². The summed E-state index contributed by atoms with van der Waals surface area (Å²) in [4.78, 5) is 14.1. The number of nitrogens with one attached hydrogen (secondary N) is 1. The molecule has 0 aliphatic heterocycles. The molecule has 2 aliphatic carbocycles. The minimum Gasteiger partial charge on any atom is -0.508 e. The predicted octanol–water partition coefficient (Wildman–Crippen LogP) is 5.44. The number of aliphatic hydroxyl groups is 2. The normalized spacial score (nSPS) is 26.1. The van der Waals surface area contributed by atoms with Gasteiger partial charge in [0.2, 0.25) is 0 Å². The van der Waals surface area contributed by atoms with E-state index in [1.807, 2.05) is 50.2 Å². The van der Waals surface area contributed by atoms with Gasteiger partial charge in [-0.2, -0.15) is 0 Å². The lowest BCUT2D eigenvalue weighted by Gasteiger charge is -2.46. The Balaban J connectivity index is 1.29. The molecule has 3 aromatic carbocycles. The van der Waals surface area contributed by atoms with E-state index in [2.05, 4.69) is 36.2 Å². The van der Waals surface area contributed by atoms with Gasteiger partial charge < -0.3 is 25.4 Å². The molecule has 2 saturated carbocycles. The van der Waals surface area contributed by atoms with Gasteiger partial charge in [0.25, 0.3) is 0 Å². The van der Waals surface area contributed by atoms with Crippen molar-refractivity contribution in [3.63, 3.8) is 0 Å². The molecule has 222 valence electrons. The zero-order valence-corrected chi connectivity index (χ0v) is 24.9. The van der Waals surface area contributed by atoms with Crippen LogP contribution >= 0.6 is 0 Å². The van der Waals surface area contributed by atoms with E-state index in [4.69, 9.17) is 4.74 Å². The Morgan fingerprint density at radius 2 is 1.69 bits per heavy atom. The molecule has 0 saturated heterocycles. The average Bonchev–Trinajstić information content (AvgIpc) is 3.34. The quantitative estimate of drug-likeness (QED) is 0.132. The van der Waals surface area contributed by atoms with E-state index in [-0.39, 0.29) is 30.5 Å². The van der Waals surface area contributed by atoms with E-state index in [1.54, 1.807) is 12.1 Å². The van der Waals surface area contributed by atoms with Gasteiger partial charge >= 0.3 is 0 Å². The third-order valence-electron chi connectivity index (χ3n) is 9.98. The van der Waals surface area contributed by atoms with Crippen LogP contribution in [0.25, 0.3) is 11.1 Å². The summed E-state index contributed by atoms with van der Waals surface area (Å²) < 4.78 is 5.69. The van der Waals surface area contributed by atoms with Crippen LogP contribution in [0.1, 0.15) is 43.4 Å². The molecule has 4 atom stereocenters. The summed E-state index contributed by atoms with van der Waals surface area (Å²) in [5, 5.41) is 35.7. The molecule has 2 bridgehead atoms. The number of hydrogen-bond donors (Lipinski definition) is 4. The number of methoxy groups -OCH3 is 1. The van der Waals surface area contributed by atoms with Crippen LogP contribution in [0.3, 0.4) is 0 Å². The summed E-state index contributed by atoms with van der Waals surface area (Å²) in [5.41, 5.74) is 4.07. The molecule has 5 rings (SSSR count). The van der Waals surface area contributed by atoms with E-state index < -0.39 is 22.5 Å². The Hall–Kier alpha value is -3.29. The van der Waals surface area contributed by atoms with Gasteiger partial charge in [-0.05, 0) is 77.7 Å². The topological polar surface area (TPSA) is 99.0 Å². The fraction of sp³-hybridized carbons (Fsp3) is 0.417. The number of Topliss-reactive ketones (excluding diaryl/α,β-unsaturated/α-hetero) is 1. The Bertz CT molecular complexity index is 1450. The third kappa shape index (κ3) is 5.01. The number of carbonyl (C=O) groups is 1. The second-order valence-electron chi connectivity index (χ2n) is 12.5. The number of carbonyl (C=O) groups excluding carboxylic acids is 1. The van der Waals surface area contributed by atoms with Gasteiger partial charge in [0.15, 0.2) is 5.79 Å². The number of aromatic hydroxyl groups is 1. The number of rotatable bonds is 12. The summed E-state index contributed by atoms with van der Waals surface area (Å²) in [6, 6.07) is 24.0. The van der Waals surface area contributed by atoms with Crippen LogP contribution in [0.5, 0.6) is 5.75 Å². The zero-order chi connectivity index (χ0) is 30.1. The molecule has 6 heteroatoms. The minimum atomic E-state index is -1.69. The molecule has 6 nitrogen and oxygen atoms in total. The van der Waals surface area contributed by atoms with Crippen LogP contribution < -0.4 is 5.32 Å². The second-order valence-corrected chi connectivity index (χ2v) is 12.5. The Kier molecular flexibility index (Phi) is 8.46. The van der Waals surface area contributed by atoms with E-state index >= 15 is 0 Å². The number of phenolic OH excluding ortho intramolecular Hbond substituents is 1. The van der Waals surface area contributed by atoms with Gasteiger partial charge in [-0.25, -0.2) is 0 Å². The minimum absolute atomic E-state index is 0.0666. The van der Waals surface area contributed by atoms with Crippen molar-refractivity contribution >= 4 is 5.78 Å². The van der Waals surface area contributed by atoms with Crippen molar-refractivity contribution < 1.29 is 24.9 Å². The van der Waals surface area contributed by atoms with Gasteiger partial charge in [0, 0.05) is 38.0 Å². The van der Waals surface area contributed by atoms with Gasteiger partial charge in [0.05, 0.1) is 5.41 Å². The number of phenols is 1. The number of aliphatic hydroxyl groups excluding tert-OH is 1. The molecule has 0 amide bonds. The van der Waals surface area contributed by atoms with Crippen LogP contribution in [0.2, 0.25) is 0 Å². The van der Waals surface area contributed by atoms with Crippen molar-refractivity contribution in [3.8, 4) is 16.9 Å². The first-order chi connectivity index (χ1) is 20.1. The molecule has 4 N–H and O–H groups in total. The first-order valence-corrected chi connectivity index (χ1v) is 14.8. The van der Waals surface area contributed by atoms with Crippen molar-refractivity contribution in [2.24, 2.45) is 22.7 Å². The van der Waals surface area contributed by atoms with Crippen LogP contribution in [-0.2, 0) is 28.9 Å². The largest absolute Gasteiger partial charge is 0.508 e. The lowest BCUT2D eigenvalue weighted by atomic mass is 9.58. The maximum absolute atomic E-state index is 14.1. The maximum Gasteiger partial charge on any atom is 0.185 e. The van der Waals surface area contributed by atoms with Gasteiger partial charge in [0.1, 0.15) is 11.5 Å². The number of ketones is 1. The highest BCUT2D eigenvalue weighted by molar-refractivity contribution is 5.89. The lowest BCUT2D eigenvalue weighted by Crippen LogP contribution is -2.55. The lowest BCUT2D eigenvalue weighted by molar-refractivity contribution is -0.253. The second kappa shape index (κ2) is 11.8. The van der Waals surface area contributed by atoms with Gasteiger partial charge in [-0.1, -0.05) is 80.6 Å². The van der Waals surface area contributed by atoms with Crippen LogP contribution in [0.15, 0.2) is 84.9 Å². The van der Waals surface area contributed by atoms with Gasteiger partial charge in [-0.15, -0.1) is 0 Å². The summed E-state index contributed by atoms with van der Waals surface area (Å²) in [7, 11) is 1.44. The van der Waals surface area contributed by atoms with Crippen LogP contribution in [0, 0.1) is 22.7 Å². The fourth-order valence-corrected chi connectivity index (χ4v) is 7.69. The number of aryl methyl sites for hydroxylation is 1. The SMILES string of the molecule is C=C1C2C(CO)CC(C(=O)CCc3cccc(-c4cc(O)cc(CNCCc5ccccc5)c4)c3)(C1(C)C)C2(O)OC. The fourth-order valence-electron chi connectivity index (χ4n) is 7.69. The average molecular weight is 570 g/mol. The molecule has 0 radical (unpaired) electrons. The summed E-state index contributed by atoms with van der Waals surface area (Å²) in [5.74, 6) is -2.29. The van der Waals surface area contributed by atoms with E-state index in [1.165, 1.54) is 12.7 Å². The molecule has 0 spiro atoms. The molecule has 2 fully saturated rings. The van der Waals surface area contributed by atoms with Crippen LogP contribution in [-0.4, -0.2) is 47.2 Å². The molecular formula is C36H43NO5. The summed E-state index contributed by atoms with van der Waals surface area (Å²) in [6.07, 6.45) is 2.03. The molecule has 0 heterocycles. The third-order valence-corrected chi connectivity index (χ3v) is 9.98. The Morgan fingerprint density at radius 1 is 0.976 bits per heavy atom. The molecule has 4 unspecified atom stereocenters. The molecular weight excluding hydrogens is 526 g/mol. The number of ether oxygens (including phenoxy) is 1. The Morgan fingerprint density at radius 3 is 2.40 bits per heavy atom. The number of hydrogen-bond acceptors (Lipinski definition) is 6. The molecule has 3 aromatic rings. The van der Waals surface area contributed by atoms with Crippen molar-refractivity contribution in [2.45, 2.75) is 51.9 Å². The standard InChI is InChI=1S/C36H43NO5/c1-24-33-30(23-38)21-35(34(24,2)3,36(33,41)42-4)32(40)14-13-26-11-8-12-28(17-26)29-18-27(19-31(39)20-29)22-37-16-15-25-9-6-5-7-10-25/h5-12,17-20,30,33,37-39,41H,1,13-16,21-23H2,2-4H3. The van der Waals surface area contributed by atoms with E-state index in [9.17, 15) is 20.1 Å². The molecule has 2 aliphatic rings. The number of fused-ring (bicyclic) bond motifs is 2. The monoisotopic (exact) mass is 569 g/mol. The van der Waals surface area contributed by atoms with Crippen molar-refractivity contribution in [2.75, 3.05) is 20.3 Å². The first-order valence-electron chi connectivity index (χ1n) is 14.8.